The standard InChI is InChI=1S/C11H12ClFN2/c1-6(14)2-7-5-15-11-4-9(12)10(13)3-8(7)11/h3-6,15H,2,14H2,1H3/p+1. The van der Waals surface area contributed by atoms with Gasteiger partial charge in [-0.15, -0.1) is 0 Å². The third kappa shape index (κ3) is 1.98. The van der Waals surface area contributed by atoms with Crippen LogP contribution in [0.1, 0.15) is 12.5 Å². The van der Waals surface area contributed by atoms with Gasteiger partial charge in [0.25, 0.3) is 0 Å². The van der Waals surface area contributed by atoms with E-state index in [0.29, 0.717) is 6.04 Å². The Labute approximate surface area is 92.2 Å². The summed E-state index contributed by atoms with van der Waals surface area (Å²) in [6, 6.07) is 3.40. The Morgan fingerprint density at radius 2 is 2.27 bits per heavy atom. The van der Waals surface area contributed by atoms with E-state index in [1.807, 2.05) is 13.1 Å². The quantitative estimate of drug-likeness (QED) is 0.790. The van der Waals surface area contributed by atoms with Gasteiger partial charge in [0.2, 0.25) is 0 Å². The number of benzene rings is 1. The van der Waals surface area contributed by atoms with E-state index in [0.717, 1.165) is 22.9 Å². The minimum absolute atomic E-state index is 0.151. The molecule has 0 amide bonds. The van der Waals surface area contributed by atoms with Crippen molar-refractivity contribution < 1.29 is 10.1 Å². The van der Waals surface area contributed by atoms with Crippen LogP contribution < -0.4 is 5.73 Å². The number of aromatic nitrogens is 1. The molecule has 1 atom stereocenters. The molecular weight excluding hydrogens is 215 g/mol. The van der Waals surface area contributed by atoms with Crippen LogP contribution in [0.2, 0.25) is 5.02 Å². The van der Waals surface area contributed by atoms with Gasteiger partial charge in [-0.2, -0.15) is 0 Å². The van der Waals surface area contributed by atoms with Gasteiger partial charge in [0.15, 0.2) is 0 Å². The number of halogens is 2. The van der Waals surface area contributed by atoms with Crippen LogP contribution in [-0.2, 0) is 6.42 Å². The minimum Gasteiger partial charge on any atom is -0.361 e. The van der Waals surface area contributed by atoms with Crippen LogP contribution in [0.4, 0.5) is 4.39 Å². The Morgan fingerprint density at radius 3 is 2.93 bits per heavy atom. The van der Waals surface area contributed by atoms with E-state index in [4.69, 9.17) is 11.6 Å². The van der Waals surface area contributed by atoms with Gasteiger partial charge < -0.3 is 10.7 Å². The van der Waals surface area contributed by atoms with Crippen molar-refractivity contribution in [2.45, 2.75) is 19.4 Å². The van der Waals surface area contributed by atoms with E-state index in [-0.39, 0.29) is 10.8 Å². The highest BCUT2D eigenvalue weighted by Crippen LogP contribution is 2.25. The second-order valence-corrected chi connectivity index (χ2v) is 4.34. The molecule has 0 radical (unpaired) electrons. The Morgan fingerprint density at radius 1 is 1.53 bits per heavy atom. The van der Waals surface area contributed by atoms with E-state index in [1.165, 1.54) is 6.07 Å². The summed E-state index contributed by atoms with van der Waals surface area (Å²) in [5.74, 6) is -0.373. The van der Waals surface area contributed by atoms with Crippen molar-refractivity contribution in [2.75, 3.05) is 0 Å². The number of hydrogen-bond donors (Lipinski definition) is 2. The average Bonchev–Trinajstić information content (AvgIpc) is 2.49. The zero-order valence-electron chi connectivity index (χ0n) is 8.48. The lowest BCUT2D eigenvalue weighted by Gasteiger charge is -2.01. The molecule has 0 aliphatic heterocycles. The SMILES string of the molecule is CC([NH3+])Cc1c[nH]c2cc(Cl)c(F)cc12. The molecule has 2 nitrogen and oxygen atoms in total. The predicted octanol–water partition coefficient (Wildman–Crippen LogP) is 2.13. The highest BCUT2D eigenvalue weighted by atomic mass is 35.5. The molecule has 1 heterocycles. The van der Waals surface area contributed by atoms with Gasteiger partial charge in [0.1, 0.15) is 5.82 Å². The lowest BCUT2D eigenvalue weighted by atomic mass is 10.1. The summed E-state index contributed by atoms with van der Waals surface area (Å²) < 4.78 is 13.3. The number of aromatic amines is 1. The summed E-state index contributed by atoms with van der Waals surface area (Å²) in [6.45, 7) is 2.03. The Kier molecular flexibility index (Phi) is 2.67. The monoisotopic (exact) mass is 227 g/mol. The van der Waals surface area contributed by atoms with Crippen molar-refractivity contribution in [3.63, 3.8) is 0 Å². The molecule has 0 saturated carbocycles. The second kappa shape index (κ2) is 3.83. The molecule has 0 spiro atoms. The Bertz CT molecular complexity index is 491. The van der Waals surface area contributed by atoms with E-state index in [1.54, 1.807) is 6.07 Å². The van der Waals surface area contributed by atoms with Crippen molar-refractivity contribution >= 4 is 22.5 Å². The van der Waals surface area contributed by atoms with Gasteiger partial charge in [-0.1, -0.05) is 11.6 Å². The van der Waals surface area contributed by atoms with Crippen LogP contribution in [0.3, 0.4) is 0 Å². The van der Waals surface area contributed by atoms with Crippen molar-refractivity contribution in [1.29, 1.82) is 0 Å². The summed E-state index contributed by atoms with van der Waals surface area (Å²) in [7, 11) is 0. The first-order valence-electron chi connectivity index (χ1n) is 4.86. The molecule has 0 bridgehead atoms. The molecule has 1 aromatic heterocycles. The normalized spacial score (nSPS) is 13.3. The van der Waals surface area contributed by atoms with Crippen LogP contribution in [0.15, 0.2) is 18.3 Å². The van der Waals surface area contributed by atoms with Crippen molar-refractivity contribution in [3.05, 3.63) is 34.7 Å². The third-order valence-corrected chi connectivity index (χ3v) is 2.67. The molecular formula is C11H13ClFN2+. The molecule has 0 fully saturated rings. The fraction of sp³-hybridized carbons (Fsp3) is 0.273. The average molecular weight is 228 g/mol. The first kappa shape index (κ1) is 10.5. The smallest absolute Gasteiger partial charge is 0.142 e. The molecule has 1 unspecified atom stereocenters. The van der Waals surface area contributed by atoms with E-state index < -0.39 is 0 Å². The van der Waals surface area contributed by atoms with Crippen molar-refractivity contribution in [2.24, 2.45) is 0 Å². The number of H-pyrrole nitrogens is 1. The molecule has 4 N–H and O–H groups in total. The minimum atomic E-state index is -0.373. The molecule has 0 saturated heterocycles. The van der Waals surface area contributed by atoms with Gasteiger partial charge in [0, 0.05) is 23.5 Å². The zero-order chi connectivity index (χ0) is 11.0. The van der Waals surface area contributed by atoms with E-state index >= 15 is 0 Å². The van der Waals surface area contributed by atoms with Crippen LogP contribution in [0.25, 0.3) is 10.9 Å². The van der Waals surface area contributed by atoms with E-state index in [2.05, 4.69) is 10.7 Å². The number of nitrogens with one attached hydrogen (secondary N) is 1. The second-order valence-electron chi connectivity index (χ2n) is 3.94. The van der Waals surface area contributed by atoms with Gasteiger partial charge in [-0.3, -0.25) is 0 Å². The molecule has 0 aliphatic rings. The first-order chi connectivity index (χ1) is 7.08. The number of hydrogen-bond acceptors (Lipinski definition) is 0. The maximum Gasteiger partial charge on any atom is 0.142 e. The third-order valence-electron chi connectivity index (χ3n) is 2.38. The Balaban J connectivity index is 2.54. The van der Waals surface area contributed by atoms with Crippen molar-refractivity contribution in [3.8, 4) is 0 Å². The van der Waals surface area contributed by atoms with Gasteiger partial charge >= 0.3 is 0 Å². The van der Waals surface area contributed by atoms with Crippen LogP contribution in [0.5, 0.6) is 0 Å². The van der Waals surface area contributed by atoms with Crippen LogP contribution in [-0.4, -0.2) is 11.0 Å². The maximum absolute atomic E-state index is 13.3. The zero-order valence-corrected chi connectivity index (χ0v) is 9.24. The number of fused-ring (bicyclic) bond motifs is 1. The van der Waals surface area contributed by atoms with Gasteiger partial charge in [-0.05, 0) is 24.6 Å². The highest BCUT2D eigenvalue weighted by molar-refractivity contribution is 6.31. The summed E-state index contributed by atoms with van der Waals surface area (Å²) in [4.78, 5) is 3.08. The topological polar surface area (TPSA) is 43.4 Å². The lowest BCUT2D eigenvalue weighted by molar-refractivity contribution is -0.413. The number of quaternary nitrogens is 1. The summed E-state index contributed by atoms with van der Waals surface area (Å²) in [5, 5.41) is 1.05. The molecule has 4 heteroatoms. The fourth-order valence-corrected chi connectivity index (χ4v) is 1.88. The lowest BCUT2D eigenvalue weighted by Crippen LogP contribution is -2.60. The van der Waals surface area contributed by atoms with Crippen LogP contribution >= 0.6 is 11.6 Å². The summed E-state index contributed by atoms with van der Waals surface area (Å²) >= 11 is 5.70. The molecule has 2 rings (SSSR count). The largest absolute Gasteiger partial charge is 0.361 e. The van der Waals surface area contributed by atoms with Gasteiger partial charge in [0.05, 0.1) is 11.1 Å². The molecule has 1 aromatic carbocycles. The molecule has 2 aromatic rings. The molecule has 15 heavy (non-hydrogen) atoms. The molecule has 80 valence electrons. The fourth-order valence-electron chi connectivity index (χ4n) is 1.72. The Hall–Kier alpha value is -1.06. The van der Waals surface area contributed by atoms with Gasteiger partial charge in [-0.25, -0.2) is 4.39 Å². The molecule has 0 aliphatic carbocycles. The summed E-state index contributed by atoms with van der Waals surface area (Å²) in [6.07, 6.45) is 2.73. The maximum atomic E-state index is 13.3. The first-order valence-corrected chi connectivity index (χ1v) is 5.24. The van der Waals surface area contributed by atoms with Crippen molar-refractivity contribution in [1.82, 2.24) is 4.98 Å². The predicted molar refractivity (Wildman–Crippen MR) is 59.3 cm³/mol. The van der Waals surface area contributed by atoms with E-state index in [9.17, 15) is 4.39 Å². The number of rotatable bonds is 2. The van der Waals surface area contributed by atoms with Crippen LogP contribution in [0, 0.1) is 5.82 Å². The highest BCUT2D eigenvalue weighted by Gasteiger charge is 2.10. The summed E-state index contributed by atoms with van der Waals surface area (Å²) in [5.41, 5.74) is 5.88.